The lowest BCUT2D eigenvalue weighted by atomic mass is 10.0. The van der Waals surface area contributed by atoms with Crippen LogP contribution in [0.4, 0.5) is 0 Å². The summed E-state index contributed by atoms with van der Waals surface area (Å²) >= 11 is 1.68. The molecule has 0 saturated heterocycles. The molecular weight excluding hydrogens is 254 g/mol. The predicted molar refractivity (Wildman–Crippen MR) is 79.5 cm³/mol. The van der Waals surface area contributed by atoms with Crippen molar-refractivity contribution < 1.29 is 5.11 Å². The fraction of sp³-hybridized carbons (Fsp3) is 0.312. The summed E-state index contributed by atoms with van der Waals surface area (Å²) in [5, 5.41) is 9.42. The van der Waals surface area contributed by atoms with Gasteiger partial charge in [-0.25, -0.2) is 0 Å². The largest absolute Gasteiger partial charge is 0.387 e. The Morgan fingerprint density at radius 1 is 0.947 bits per heavy atom. The molecule has 2 aromatic rings. The van der Waals surface area contributed by atoms with Crippen LogP contribution >= 0.6 is 11.8 Å². The molecule has 1 heterocycles. The van der Waals surface area contributed by atoms with Gasteiger partial charge < -0.3 is 5.11 Å². The van der Waals surface area contributed by atoms with Crippen molar-refractivity contribution in [2.75, 3.05) is 0 Å². The van der Waals surface area contributed by atoms with Crippen LogP contribution in [0.15, 0.2) is 52.4 Å². The van der Waals surface area contributed by atoms with Crippen molar-refractivity contribution in [1.82, 2.24) is 4.98 Å². The van der Waals surface area contributed by atoms with Crippen LogP contribution in [0.2, 0.25) is 0 Å². The fourth-order valence-corrected chi connectivity index (χ4v) is 2.54. The zero-order valence-corrected chi connectivity index (χ0v) is 12.3. The molecule has 0 amide bonds. The molecule has 0 unspecified atom stereocenters. The minimum absolute atomic E-state index is 0.510. The van der Waals surface area contributed by atoms with Gasteiger partial charge in [-0.15, -0.1) is 0 Å². The highest BCUT2D eigenvalue weighted by Crippen LogP contribution is 2.28. The van der Waals surface area contributed by atoms with Crippen LogP contribution in [0.5, 0.6) is 0 Å². The third kappa shape index (κ3) is 3.82. The zero-order valence-electron chi connectivity index (χ0n) is 11.5. The zero-order chi connectivity index (χ0) is 13.8. The third-order valence-electron chi connectivity index (χ3n) is 2.97. The van der Waals surface area contributed by atoms with E-state index in [1.165, 1.54) is 10.5 Å². The third-order valence-corrected chi connectivity index (χ3v) is 3.95. The van der Waals surface area contributed by atoms with E-state index in [2.05, 4.69) is 43.1 Å². The molecule has 1 atom stereocenters. The maximum absolute atomic E-state index is 9.42. The Bertz CT molecular complexity index is 468. The van der Waals surface area contributed by atoms with Crippen LogP contribution in [0.3, 0.4) is 0 Å². The first-order valence-corrected chi connectivity index (χ1v) is 7.29. The normalized spacial score (nSPS) is 12.7. The highest BCUT2D eigenvalue weighted by molar-refractivity contribution is 7.99. The average Bonchev–Trinajstić information content (AvgIpc) is 2.40. The number of aliphatic hydroxyl groups excluding tert-OH is 1. The SMILES string of the molecule is CC(C)c1ccc(Sc2ccc([C@H](C)O)nc2)cc1. The van der Waals surface area contributed by atoms with E-state index in [-0.39, 0.29) is 0 Å². The van der Waals surface area contributed by atoms with Gasteiger partial charge >= 0.3 is 0 Å². The van der Waals surface area contributed by atoms with Crippen molar-refractivity contribution in [2.45, 2.75) is 42.6 Å². The van der Waals surface area contributed by atoms with Crippen molar-refractivity contribution in [1.29, 1.82) is 0 Å². The highest BCUT2D eigenvalue weighted by atomic mass is 32.2. The molecule has 0 aliphatic rings. The average molecular weight is 273 g/mol. The second-order valence-electron chi connectivity index (χ2n) is 4.92. The molecule has 0 aliphatic carbocycles. The Balaban J connectivity index is 2.08. The number of nitrogens with zero attached hydrogens (tertiary/aromatic N) is 1. The van der Waals surface area contributed by atoms with Crippen LogP contribution in [-0.2, 0) is 0 Å². The Morgan fingerprint density at radius 2 is 1.58 bits per heavy atom. The van der Waals surface area contributed by atoms with Crippen molar-refractivity contribution in [3.8, 4) is 0 Å². The van der Waals surface area contributed by atoms with E-state index in [4.69, 9.17) is 0 Å². The van der Waals surface area contributed by atoms with Crippen molar-refractivity contribution in [3.05, 3.63) is 53.9 Å². The maximum atomic E-state index is 9.42. The van der Waals surface area contributed by atoms with Crippen molar-refractivity contribution in [2.24, 2.45) is 0 Å². The first-order valence-electron chi connectivity index (χ1n) is 6.48. The standard InChI is InChI=1S/C16H19NOS/c1-11(2)13-4-6-14(7-5-13)19-15-8-9-16(12(3)18)17-10-15/h4-12,18H,1-3H3/t12-/m0/s1. The van der Waals surface area contributed by atoms with Gasteiger partial charge in [0.1, 0.15) is 0 Å². The first kappa shape index (κ1) is 14.1. The monoisotopic (exact) mass is 273 g/mol. The van der Waals surface area contributed by atoms with Gasteiger partial charge in [-0.1, -0.05) is 37.7 Å². The number of hydrogen-bond donors (Lipinski definition) is 1. The van der Waals surface area contributed by atoms with Crippen LogP contribution < -0.4 is 0 Å². The topological polar surface area (TPSA) is 33.1 Å². The molecule has 0 saturated carbocycles. The molecular formula is C16H19NOS. The van der Waals surface area contributed by atoms with E-state index in [0.29, 0.717) is 11.6 Å². The van der Waals surface area contributed by atoms with E-state index in [1.807, 2.05) is 18.3 Å². The minimum atomic E-state index is -0.510. The molecule has 0 bridgehead atoms. The summed E-state index contributed by atoms with van der Waals surface area (Å²) in [6, 6.07) is 12.5. The second-order valence-corrected chi connectivity index (χ2v) is 6.07. The summed E-state index contributed by atoms with van der Waals surface area (Å²) in [5.74, 6) is 0.561. The summed E-state index contributed by atoms with van der Waals surface area (Å²) in [6.07, 6.45) is 1.30. The number of benzene rings is 1. The Kier molecular flexibility index (Phi) is 4.61. The van der Waals surface area contributed by atoms with E-state index in [9.17, 15) is 5.11 Å². The van der Waals surface area contributed by atoms with Gasteiger partial charge in [-0.05, 0) is 42.7 Å². The predicted octanol–water partition coefficient (Wildman–Crippen LogP) is 4.41. The smallest absolute Gasteiger partial charge is 0.0931 e. The van der Waals surface area contributed by atoms with Crippen LogP contribution in [0.1, 0.15) is 44.1 Å². The lowest BCUT2D eigenvalue weighted by Crippen LogP contribution is -1.94. The van der Waals surface area contributed by atoms with E-state index in [1.54, 1.807) is 18.7 Å². The summed E-state index contributed by atoms with van der Waals surface area (Å²) in [7, 11) is 0. The molecule has 3 heteroatoms. The van der Waals surface area contributed by atoms with Crippen molar-refractivity contribution in [3.63, 3.8) is 0 Å². The summed E-state index contributed by atoms with van der Waals surface area (Å²) in [4.78, 5) is 6.54. The lowest BCUT2D eigenvalue weighted by Gasteiger charge is -2.07. The van der Waals surface area contributed by atoms with E-state index >= 15 is 0 Å². The lowest BCUT2D eigenvalue weighted by molar-refractivity contribution is 0.194. The molecule has 2 nitrogen and oxygen atoms in total. The molecule has 0 aliphatic heterocycles. The molecule has 1 aromatic carbocycles. The molecule has 1 aromatic heterocycles. The molecule has 2 rings (SSSR count). The summed E-state index contributed by atoms with van der Waals surface area (Å²) in [5.41, 5.74) is 2.06. The Hall–Kier alpha value is -1.32. The number of aliphatic hydroxyl groups is 1. The quantitative estimate of drug-likeness (QED) is 0.895. The molecule has 0 spiro atoms. The van der Waals surface area contributed by atoms with E-state index < -0.39 is 6.10 Å². The molecule has 0 radical (unpaired) electrons. The second kappa shape index (κ2) is 6.22. The van der Waals surface area contributed by atoms with Gasteiger partial charge in [0.2, 0.25) is 0 Å². The highest BCUT2D eigenvalue weighted by Gasteiger charge is 2.04. The van der Waals surface area contributed by atoms with E-state index in [0.717, 1.165) is 4.90 Å². The maximum Gasteiger partial charge on any atom is 0.0931 e. The minimum Gasteiger partial charge on any atom is -0.387 e. The fourth-order valence-electron chi connectivity index (χ4n) is 1.76. The number of rotatable bonds is 4. The number of hydrogen-bond acceptors (Lipinski definition) is 3. The Morgan fingerprint density at radius 3 is 2.05 bits per heavy atom. The van der Waals surface area contributed by atoms with Gasteiger partial charge in [0.25, 0.3) is 0 Å². The van der Waals surface area contributed by atoms with Crippen LogP contribution in [0.25, 0.3) is 0 Å². The first-order chi connectivity index (χ1) is 9.06. The van der Waals surface area contributed by atoms with Crippen molar-refractivity contribution >= 4 is 11.8 Å². The molecule has 1 N–H and O–H groups in total. The number of aromatic nitrogens is 1. The molecule has 0 fully saturated rings. The van der Waals surface area contributed by atoms with Gasteiger partial charge in [0.05, 0.1) is 11.8 Å². The van der Waals surface area contributed by atoms with Crippen LogP contribution in [0, 0.1) is 0 Å². The molecule has 19 heavy (non-hydrogen) atoms. The van der Waals surface area contributed by atoms with Gasteiger partial charge in [0.15, 0.2) is 0 Å². The van der Waals surface area contributed by atoms with Gasteiger partial charge in [-0.2, -0.15) is 0 Å². The van der Waals surface area contributed by atoms with Gasteiger partial charge in [0, 0.05) is 16.0 Å². The summed E-state index contributed by atoms with van der Waals surface area (Å²) < 4.78 is 0. The summed E-state index contributed by atoms with van der Waals surface area (Å²) in [6.45, 7) is 6.11. The number of pyridine rings is 1. The van der Waals surface area contributed by atoms with Gasteiger partial charge in [-0.3, -0.25) is 4.98 Å². The molecule has 100 valence electrons. The van der Waals surface area contributed by atoms with Crippen LogP contribution in [-0.4, -0.2) is 10.1 Å². The Labute approximate surface area is 118 Å².